The van der Waals surface area contributed by atoms with Gasteiger partial charge in [0, 0.05) is 6.42 Å². The van der Waals surface area contributed by atoms with E-state index >= 15 is 0 Å². The van der Waals surface area contributed by atoms with E-state index in [0.717, 1.165) is 0 Å². The Balaban J connectivity index is 0.000001000. The number of aryl methyl sites for hydroxylation is 1. The molecule has 1 rings (SSSR count). The van der Waals surface area contributed by atoms with Crippen LogP contribution in [0.15, 0.2) is 16.5 Å². The van der Waals surface area contributed by atoms with Crippen LogP contribution in [0.3, 0.4) is 0 Å². The smallest absolute Gasteiger partial charge is 0.542 e. The Labute approximate surface area is 86.7 Å². The molecule has 0 aliphatic rings. The third-order valence-electron chi connectivity index (χ3n) is 1.21. The number of carbonyl (C=O) groups is 1. The molecule has 3 nitrogen and oxygen atoms in total. The van der Waals surface area contributed by atoms with E-state index in [1.165, 1.54) is 6.07 Å². The van der Waals surface area contributed by atoms with Crippen molar-refractivity contribution < 1.29 is 43.9 Å². The summed E-state index contributed by atoms with van der Waals surface area (Å²) >= 11 is 0. The summed E-state index contributed by atoms with van der Waals surface area (Å²) < 4.78 is 4.83. The second-order valence-corrected chi connectivity index (χ2v) is 1.91. The Morgan fingerprint density at radius 3 is 2.55 bits per heavy atom. The quantitative estimate of drug-likeness (QED) is 0.442. The molecule has 1 aromatic heterocycles. The van der Waals surface area contributed by atoms with Crippen LogP contribution < -0.4 is 34.7 Å². The van der Waals surface area contributed by atoms with Crippen LogP contribution >= 0.6 is 0 Å². The summed E-state index contributed by atoms with van der Waals surface area (Å²) in [6.45, 7) is 1.89. The average Bonchev–Trinajstić information content (AvgIpc) is 2.34. The van der Waals surface area contributed by atoms with Gasteiger partial charge in [-0.15, -0.1) is 0 Å². The average molecular weight is 162 g/mol. The van der Waals surface area contributed by atoms with Gasteiger partial charge in [0.15, 0.2) is 0 Å². The molecule has 0 radical (unpaired) electrons. The maximum atomic E-state index is 10.1. The summed E-state index contributed by atoms with van der Waals surface area (Å²) in [7, 11) is 0. The number of carboxylic acid groups (broad SMARTS) is 1. The first-order valence-corrected chi connectivity index (χ1v) is 3.04. The topological polar surface area (TPSA) is 53.3 Å². The molecule has 0 unspecified atom stereocenters. The van der Waals surface area contributed by atoms with Crippen LogP contribution in [0.5, 0.6) is 0 Å². The van der Waals surface area contributed by atoms with Crippen molar-refractivity contribution in [3.05, 3.63) is 23.7 Å². The summed E-state index contributed by atoms with van der Waals surface area (Å²) in [5.74, 6) is -0.698. The molecule has 0 amide bonds. The Kier molecular flexibility index (Phi) is 4.49. The predicted molar refractivity (Wildman–Crippen MR) is 32.4 cm³/mol. The molecule has 0 aromatic carbocycles. The third-order valence-corrected chi connectivity index (χ3v) is 1.21. The van der Waals surface area contributed by atoms with Crippen LogP contribution in [0.4, 0.5) is 0 Å². The van der Waals surface area contributed by atoms with Gasteiger partial charge in [-0.25, -0.2) is 0 Å². The van der Waals surface area contributed by atoms with Gasteiger partial charge in [-0.1, -0.05) is 6.92 Å². The van der Waals surface area contributed by atoms with Gasteiger partial charge in [-0.05, 0) is 12.1 Å². The van der Waals surface area contributed by atoms with Crippen LogP contribution in [0.25, 0.3) is 0 Å². The van der Waals surface area contributed by atoms with Gasteiger partial charge in [0.2, 0.25) is 0 Å². The number of furan rings is 1. The Hall–Kier alpha value is -0.250. The molecular formula is C7H7NaO3. The number of hydrogen-bond acceptors (Lipinski definition) is 3. The first-order chi connectivity index (χ1) is 4.74. The SMILES string of the molecule is CCc1ccc(C(=O)[O-])o1.[Na+]. The summed E-state index contributed by atoms with van der Waals surface area (Å²) in [4.78, 5) is 10.1. The number of rotatable bonds is 2. The van der Waals surface area contributed by atoms with Crippen LogP contribution in [0.2, 0.25) is 0 Å². The monoisotopic (exact) mass is 162 g/mol. The largest absolute Gasteiger partial charge is 1.00 e. The molecular weight excluding hydrogens is 155 g/mol. The Bertz CT molecular complexity index is 242. The van der Waals surface area contributed by atoms with Crippen molar-refractivity contribution in [2.75, 3.05) is 0 Å². The van der Waals surface area contributed by atoms with Gasteiger partial charge in [0.05, 0.1) is 0 Å². The van der Waals surface area contributed by atoms with E-state index in [-0.39, 0.29) is 35.3 Å². The van der Waals surface area contributed by atoms with Crippen LogP contribution in [0, 0.1) is 0 Å². The van der Waals surface area contributed by atoms with Gasteiger partial charge in [0.25, 0.3) is 0 Å². The van der Waals surface area contributed by atoms with Gasteiger partial charge in [0.1, 0.15) is 17.5 Å². The molecule has 0 aliphatic carbocycles. The molecule has 1 aromatic rings. The zero-order chi connectivity index (χ0) is 7.56. The fourth-order valence-electron chi connectivity index (χ4n) is 0.678. The van der Waals surface area contributed by atoms with Crippen LogP contribution in [-0.4, -0.2) is 5.97 Å². The zero-order valence-corrected chi connectivity index (χ0v) is 8.59. The minimum atomic E-state index is -1.26. The van der Waals surface area contributed by atoms with Gasteiger partial charge < -0.3 is 14.3 Å². The van der Waals surface area contributed by atoms with Gasteiger partial charge in [-0.3, -0.25) is 0 Å². The van der Waals surface area contributed by atoms with Crippen molar-refractivity contribution in [3.63, 3.8) is 0 Å². The molecule has 0 N–H and O–H groups in total. The summed E-state index contributed by atoms with van der Waals surface area (Å²) in [5, 5.41) is 10.1. The van der Waals surface area contributed by atoms with E-state index in [9.17, 15) is 9.90 Å². The number of carboxylic acids is 1. The number of aromatic carboxylic acids is 1. The van der Waals surface area contributed by atoms with Gasteiger partial charge in [-0.2, -0.15) is 0 Å². The summed E-state index contributed by atoms with van der Waals surface area (Å²) in [6.07, 6.45) is 0.702. The maximum Gasteiger partial charge on any atom is 1.00 e. The van der Waals surface area contributed by atoms with E-state index in [1.54, 1.807) is 6.07 Å². The first-order valence-electron chi connectivity index (χ1n) is 3.04. The van der Waals surface area contributed by atoms with Crippen LogP contribution in [0.1, 0.15) is 23.2 Å². The molecule has 54 valence electrons. The fourth-order valence-corrected chi connectivity index (χ4v) is 0.678. The summed E-state index contributed by atoms with van der Waals surface area (Å²) in [6, 6.07) is 3.03. The molecule has 0 atom stereocenters. The predicted octanol–water partition coefficient (Wildman–Crippen LogP) is -2.79. The van der Waals surface area contributed by atoms with E-state index in [4.69, 9.17) is 4.42 Å². The molecule has 0 bridgehead atoms. The summed E-state index contributed by atoms with van der Waals surface area (Å²) in [5.41, 5.74) is 0. The zero-order valence-electron chi connectivity index (χ0n) is 6.59. The molecule has 11 heavy (non-hydrogen) atoms. The third kappa shape index (κ3) is 2.69. The van der Waals surface area contributed by atoms with E-state index in [0.29, 0.717) is 12.2 Å². The first kappa shape index (κ1) is 10.8. The standard InChI is InChI=1S/C7H8O3.Na/c1-2-5-3-4-6(10-5)7(8)9;/h3-4H,2H2,1H3,(H,8,9);/q;+1/p-1. The molecule has 0 saturated carbocycles. The van der Waals surface area contributed by atoms with Gasteiger partial charge >= 0.3 is 29.6 Å². The van der Waals surface area contributed by atoms with E-state index in [1.807, 2.05) is 6.92 Å². The van der Waals surface area contributed by atoms with Crippen molar-refractivity contribution in [3.8, 4) is 0 Å². The number of carbonyl (C=O) groups excluding carboxylic acids is 1. The fraction of sp³-hybridized carbons (Fsp3) is 0.286. The molecule has 4 heteroatoms. The maximum absolute atomic E-state index is 10.1. The normalized spacial score (nSPS) is 8.82. The Morgan fingerprint density at radius 1 is 1.64 bits per heavy atom. The van der Waals surface area contributed by atoms with Crippen molar-refractivity contribution in [2.24, 2.45) is 0 Å². The molecule has 1 heterocycles. The molecule has 0 fully saturated rings. The van der Waals surface area contributed by atoms with Crippen molar-refractivity contribution >= 4 is 5.97 Å². The second kappa shape index (κ2) is 4.59. The Morgan fingerprint density at radius 2 is 2.27 bits per heavy atom. The second-order valence-electron chi connectivity index (χ2n) is 1.91. The molecule has 0 aliphatic heterocycles. The minimum absolute atomic E-state index is 0. The number of hydrogen-bond donors (Lipinski definition) is 0. The molecule has 0 saturated heterocycles. The van der Waals surface area contributed by atoms with E-state index < -0.39 is 5.97 Å². The van der Waals surface area contributed by atoms with Crippen LogP contribution in [-0.2, 0) is 6.42 Å². The van der Waals surface area contributed by atoms with Crippen molar-refractivity contribution in [1.29, 1.82) is 0 Å². The van der Waals surface area contributed by atoms with Crippen molar-refractivity contribution in [1.82, 2.24) is 0 Å². The van der Waals surface area contributed by atoms with Crippen molar-refractivity contribution in [2.45, 2.75) is 13.3 Å². The minimum Gasteiger partial charge on any atom is -0.542 e. The van der Waals surface area contributed by atoms with E-state index in [2.05, 4.69) is 0 Å². The molecule has 0 spiro atoms.